The third kappa shape index (κ3) is 29.5. The number of hydrogen-bond donors (Lipinski definition) is 2. The molecule has 0 spiro atoms. The minimum Gasteiger partial charge on any atom is -0.377 e. The van der Waals surface area contributed by atoms with E-state index in [2.05, 4.69) is 31.4 Å². The quantitative estimate of drug-likeness (QED) is 0.277. The Hall–Kier alpha value is -1.29. The lowest BCUT2D eigenvalue weighted by Gasteiger charge is -2.10. The Labute approximate surface area is 168 Å². The van der Waals surface area contributed by atoms with Crippen molar-refractivity contribution >= 4 is 12.3 Å². The molecule has 0 saturated heterocycles. The maximum atomic E-state index is 13.0. The summed E-state index contributed by atoms with van der Waals surface area (Å²) in [5, 5.41) is 4.91. The van der Waals surface area contributed by atoms with E-state index in [-0.39, 0.29) is 38.4 Å². The van der Waals surface area contributed by atoms with Crippen molar-refractivity contribution in [1.82, 2.24) is 10.6 Å². The summed E-state index contributed by atoms with van der Waals surface area (Å²) in [4.78, 5) is 21.3. The van der Waals surface area contributed by atoms with Crippen molar-refractivity contribution in [3.05, 3.63) is 0 Å². The van der Waals surface area contributed by atoms with Crippen LogP contribution in [0.2, 0.25) is 0 Å². The largest absolute Gasteiger partial charge is 0.377 e. The molecule has 28 heavy (non-hydrogen) atoms. The number of rotatable bonds is 17. The van der Waals surface area contributed by atoms with Gasteiger partial charge in [0, 0.05) is 6.54 Å². The summed E-state index contributed by atoms with van der Waals surface area (Å²) in [6.07, 6.45) is -0.753. The average molecular weight is 411 g/mol. The molecule has 1 unspecified atom stereocenters. The molecule has 168 valence electrons. The van der Waals surface area contributed by atoms with Crippen LogP contribution in [-0.4, -0.2) is 83.9 Å². The van der Waals surface area contributed by atoms with Crippen molar-refractivity contribution in [2.24, 2.45) is 5.92 Å². The second-order valence-electron chi connectivity index (χ2n) is 6.86. The molecule has 0 aromatic heterocycles. The van der Waals surface area contributed by atoms with Crippen LogP contribution < -0.4 is 10.6 Å². The summed E-state index contributed by atoms with van der Waals surface area (Å²) in [6, 6.07) is 0. The van der Waals surface area contributed by atoms with Gasteiger partial charge < -0.3 is 29.6 Å². The first-order valence-corrected chi connectivity index (χ1v) is 9.72. The van der Waals surface area contributed by atoms with Crippen LogP contribution in [0.3, 0.4) is 0 Å². The maximum absolute atomic E-state index is 13.0. The summed E-state index contributed by atoms with van der Waals surface area (Å²) in [5.41, 5.74) is 0. The van der Waals surface area contributed by atoms with Crippen LogP contribution in [0, 0.1) is 5.92 Å². The minimum atomic E-state index is -1.22. The molecule has 2 N–H and O–H groups in total. The number of amides is 2. The van der Waals surface area contributed by atoms with Crippen LogP contribution in [0.4, 0.5) is 4.39 Å². The molecule has 0 aromatic carbocycles. The number of carbonyl (C=O) groups is 2. The molecule has 0 radical (unpaired) electrons. The highest BCUT2D eigenvalue weighted by atomic mass is 19.1. The van der Waals surface area contributed by atoms with Gasteiger partial charge in [-0.05, 0) is 19.8 Å². The topological polar surface area (TPSA) is 95.1 Å². The van der Waals surface area contributed by atoms with Gasteiger partial charge in [-0.3, -0.25) is 9.59 Å². The van der Waals surface area contributed by atoms with Crippen molar-refractivity contribution < 1.29 is 32.9 Å². The number of alkyl halides is 1. The monoisotopic (exact) mass is 410 g/mol. The fraction of sp³-hybridized carbons (Fsp3) is 0.895. The summed E-state index contributed by atoms with van der Waals surface area (Å²) in [6.45, 7) is 12.3. The Morgan fingerprint density at radius 2 is 1.50 bits per heavy atom. The molecule has 0 fully saturated rings. The zero-order chi connectivity index (χ0) is 21.6. The predicted octanol–water partition coefficient (Wildman–Crippen LogP) is 1.32. The minimum absolute atomic E-state index is 0.0249. The van der Waals surface area contributed by atoms with E-state index in [9.17, 15) is 14.0 Å². The van der Waals surface area contributed by atoms with E-state index in [1.807, 2.05) is 13.8 Å². The maximum Gasteiger partial charge on any atom is 0.246 e. The van der Waals surface area contributed by atoms with Crippen LogP contribution in [-0.2, 0) is 28.5 Å². The smallest absolute Gasteiger partial charge is 0.246 e. The van der Waals surface area contributed by atoms with Gasteiger partial charge in [-0.25, -0.2) is 4.39 Å². The van der Waals surface area contributed by atoms with Gasteiger partial charge in [0.2, 0.25) is 12.3 Å². The first-order chi connectivity index (χ1) is 13.3. The molecule has 2 amide bonds. The summed E-state index contributed by atoms with van der Waals surface area (Å²) >= 11 is 0. The van der Waals surface area contributed by atoms with Gasteiger partial charge >= 0.3 is 0 Å². The van der Waals surface area contributed by atoms with E-state index in [4.69, 9.17) is 18.9 Å². The normalized spacial score (nSPS) is 11.7. The van der Waals surface area contributed by atoms with E-state index in [0.717, 1.165) is 5.92 Å². The van der Waals surface area contributed by atoms with E-state index >= 15 is 0 Å². The molecule has 0 aromatic rings. The molecule has 0 rings (SSSR count). The van der Waals surface area contributed by atoms with Gasteiger partial charge in [0.1, 0.15) is 12.8 Å². The van der Waals surface area contributed by atoms with Crippen LogP contribution in [0.1, 0.15) is 34.6 Å². The molecular formula is C19H39FN2O6. The van der Waals surface area contributed by atoms with E-state index in [0.29, 0.717) is 39.4 Å². The average Bonchev–Trinajstić information content (AvgIpc) is 2.62. The SMILES string of the molecule is CC(C)C.CC(C)OCC(=O)NCCOCCOCCOCC(F)CNC=O. The first-order valence-electron chi connectivity index (χ1n) is 9.72. The zero-order valence-electron chi connectivity index (χ0n) is 18.0. The predicted molar refractivity (Wildman–Crippen MR) is 106 cm³/mol. The second kappa shape index (κ2) is 22.0. The third-order valence-corrected chi connectivity index (χ3v) is 2.58. The van der Waals surface area contributed by atoms with Crippen LogP contribution in [0.5, 0.6) is 0 Å². The number of halogens is 1. The van der Waals surface area contributed by atoms with Gasteiger partial charge in [-0.1, -0.05) is 20.8 Å². The van der Waals surface area contributed by atoms with Crippen molar-refractivity contribution in [2.75, 3.05) is 59.3 Å². The highest BCUT2D eigenvalue weighted by molar-refractivity contribution is 5.77. The highest BCUT2D eigenvalue weighted by Crippen LogP contribution is 1.90. The molecule has 0 bridgehead atoms. The molecule has 0 aliphatic heterocycles. The number of hydrogen-bond acceptors (Lipinski definition) is 6. The molecule has 9 heteroatoms. The van der Waals surface area contributed by atoms with Crippen LogP contribution >= 0.6 is 0 Å². The fourth-order valence-corrected chi connectivity index (χ4v) is 1.44. The Bertz CT molecular complexity index is 357. The second-order valence-corrected chi connectivity index (χ2v) is 6.86. The van der Waals surface area contributed by atoms with Crippen molar-refractivity contribution in [1.29, 1.82) is 0 Å². The molecule has 0 heterocycles. The zero-order valence-corrected chi connectivity index (χ0v) is 18.0. The van der Waals surface area contributed by atoms with Crippen molar-refractivity contribution in [2.45, 2.75) is 46.9 Å². The summed E-state index contributed by atoms with van der Waals surface area (Å²) < 4.78 is 33.8. The van der Waals surface area contributed by atoms with Crippen LogP contribution in [0.25, 0.3) is 0 Å². The lowest BCUT2D eigenvalue weighted by molar-refractivity contribution is -0.127. The van der Waals surface area contributed by atoms with Crippen LogP contribution in [0.15, 0.2) is 0 Å². The lowest BCUT2D eigenvalue weighted by Crippen LogP contribution is -2.31. The molecule has 1 atom stereocenters. The van der Waals surface area contributed by atoms with E-state index in [1.54, 1.807) is 0 Å². The molecule has 8 nitrogen and oxygen atoms in total. The van der Waals surface area contributed by atoms with E-state index in [1.165, 1.54) is 0 Å². The highest BCUT2D eigenvalue weighted by Gasteiger charge is 2.05. The van der Waals surface area contributed by atoms with Gasteiger partial charge in [0.15, 0.2) is 0 Å². The number of carbonyl (C=O) groups excluding carboxylic acids is 2. The standard InChI is InChI=1S/C15H29FN2O6.C4H10/c1-13(2)24-11-15(20)18-3-4-21-5-6-22-7-8-23-10-14(16)9-17-12-19;1-4(2)3/h12-14H,3-11H2,1-2H3,(H,17,19)(H,18,20);4H,1-3H3. The van der Waals surface area contributed by atoms with Crippen molar-refractivity contribution in [3.63, 3.8) is 0 Å². The Balaban J connectivity index is 0. The van der Waals surface area contributed by atoms with Crippen molar-refractivity contribution in [3.8, 4) is 0 Å². The van der Waals surface area contributed by atoms with Gasteiger partial charge in [-0.2, -0.15) is 0 Å². The van der Waals surface area contributed by atoms with Gasteiger partial charge in [0.05, 0.1) is 52.3 Å². The fourth-order valence-electron chi connectivity index (χ4n) is 1.44. The Kier molecular flexibility index (Phi) is 22.7. The third-order valence-electron chi connectivity index (χ3n) is 2.58. The summed E-state index contributed by atoms with van der Waals surface area (Å²) in [7, 11) is 0. The Morgan fingerprint density at radius 1 is 0.964 bits per heavy atom. The molecule has 0 aliphatic rings. The molecule has 0 saturated carbocycles. The lowest BCUT2D eigenvalue weighted by atomic mass is 10.3. The van der Waals surface area contributed by atoms with Gasteiger partial charge in [-0.15, -0.1) is 0 Å². The molecule has 0 aliphatic carbocycles. The Morgan fingerprint density at radius 3 is 2.04 bits per heavy atom. The van der Waals surface area contributed by atoms with Gasteiger partial charge in [0.25, 0.3) is 0 Å². The molecular weight excluding hydrogens is 371 g/mol. The number of nitrogens with one attached hydrogen (secondary N) is 2. The number of ether oxygens (including phenoxy) is 4. The first kappa shape index (κ1) is 28.9. The van der Waals surface area contributed by atoms with E-state index < -0.39 is 6.17 Å². The summed E-state index contributed by atoms with van der Waals surface area (Å²) in [5.74, 6) is 0.662.